The number of benzene rings is 1. The van der Waals surface area contributed by atoms with Crippen LogP contribution in [0.15, 0.2) is 36.5 Å². The smallest absolute Gasteiger partial charge is 0.380 e. The summed E-state index contributed by atoms with van der Waals surface area (Å²) in [7, 11) is -4.07. The zero-order valence-corrected chi connectivity index (χ0v) is 25.2. The Kier molecular flexibility index (Phi) is 9.19. The van der Waals surface area contributed by atoms with E-state index in [1.807, 2.05) is 0 Å². The molecule has 0 bridgehead atoms. The monoisotopic (exact) mass is 655 g/mol. The Morgan fingerprint density at radius 1 is 1.27 bits per heavy atom. The molecule has 1 aromatic carbocycles. The van der Waals surface area contributed by atoms with Gasteiger partial charge in [0, 0.05) is 18.5 Å². The molecule has 3 heterocycles. The van der Waals surface area contributed by atoms with Crippen molar-refractivity contribution in [3.63, 3.8) is 0 Å². The normalized spacial score (nSPS) is 24.7. The number of ketones is 2. The number of alkyl halides is 2. The fourth-order valence-corrected chi connectivity index (χ4v) is 7.03. The van der Waals surface area contributed by atoms with Gasteiger partial charge in [-0.3, -0.25) is 9.32 Å². The SMILES string of the molecule is CC(=O)CCc1ccccc1OP(=O)(C[C@@H](C)C(C)=O)OC[C@H]1O[C@@H](n2ccc3c(N)nc(N)nc32)[C@@](F)(Br)C1O. The summed E-state index contributed by atoms with van der Waals surface area (Å²) in [4.78, 5) is 31.6. The second-order valence-corrected chi connectivity index (χ2v) is 13.3. The van der Waals surface area contributed by atoms with Gasteiger partial charge in [-0.25, -0.2) is 8.96 Å². The minimum absolute atomic E-state index is 0.0249. The van der Waals surface area contributed by atoms with Crippen molar-refractivity contribution in [2.75, 3.05) is 24.2 Å². The number of carbonyl (C=O) groups excluding carboxylic acids is 2. The van der Waals surface area contributed by atoms with E-state index in [1.165, 1.54) is 24.6 Å². The predicted octanol–water partition coefficient (Wildman–Crippen LogP) is 3.95. The van der Waals surface area contributed by atoms with Crippen molar-refractivity contribution in [1.82, 2.24) is 14.5 Å². The van der Waals surface area contributed by atoms with Crippen LogP contribution < -0.4 is 16.0 Å². The van der Waals surface area contributed by atoms with Gasteiger partial charge in [0.25, 0.3) is 0 Å². The molecule has 3 aromatic rings. The average molecular weight is 656 g/mol. The van der Waals surface area contributed by atoms with E-state index in [1.54, 1.807) is 37.3 Å². The number of fused-ring (bicyclic) bond motifs is 1. The highest BCUT2D eigenvalue weighted by Gasteiger charge is 2.57. The number of hydrogen-bond acceptors (Lipinski definition) is 11. The zero-order chi connectivity index (χ0) is 30.1. The Bertz CT molecular complexity index is 1500. The number of nitrogens with two attached hydrogens (primary N) is 2. The maximum Gasteiger partial charge on any atom is 0.380 e. The number of ether oxygens (including phenoxy) is 1. The lowest BCUT2D eigenvalue weighted by molar-refractivity contribution is -0.120. The van der Waals surface area contributed by atoms with Crippen molar-refractivity contribution < 1.29 is 37.4 Å². The van der Waals surface area contributed by atoms with E-state index in [2.05, 4.69) is 25.9 Å². The molecule has 15 heteroatoms. The number of carbonyl (C=O) groups is 2. The van der Waals surface area contributed by atoms with E-state index < -0.39 is 43.1 Å². The Labute approximate surface area is 244 Å². The summed E-state index contributed by atoms with van der Waals surface area (Å²) >= 11 is 2.93. The lowest BCUT2D eigenvalue weighted by Gasteiger charge is -2.25. The summed E-state index contributed by atoms with van der Waals surface area (Å²) in [6, 6.07) is 8.30. The molecule has 0 amide bonds. The number of Topliss-reactive ketones (excluding diaryl/α,β-unsaturated/α-hetero) is 2. The first-order chi connectivity index (χ1) is 19.2. The van der Waals surface area contributed by atoms with Crippen molar-refractivity contribution in [2.24, 2.45) is 5.92 Å². The number of aliphatic hydroxyl groups excluding tert-OH is 1. The summed E-state index contributed by atoms with van der Waals surface area (Å²) in [6.45, 7) is 3.87. The van der Waals surface area contributed by atoms with Gasteiger partial charge in [0.1, 0.15) is 41.0 Å². The quantitative estimate of drug-likeness (QED) is 0.190. The van der Waals surface area contributed by atoms with Gasteiger partial charge in [0.2, 0.25) is 10.5 Å². The van der Waals surface area contributed by atoms with Gasteiger partial charge >= 0.3 is 7.60 Å². The summed E-state index contributed by atoms with van der Waals surface area (Å²) < 4.78 is 46.2. The van der Waals surface area contributed by atoms with Crippen molar-refractivity contribution in [3.05, 3.63) is 42.1 Å². The number of para-hydroxylation sites is 1. The molecule has 4 rings (SSSR count). The van der Waals surface area contributed by atoms with E-state index in [0.29, 0.717) is 17.4 Å². The van der Waals surface area contributed by atoms with Crippen molar-refractivity contribution >= 4 is 57.9 Å². The van der Waals surface area contributed by atoms with Crippen molar-refractivity contribution in [1.29, 1.82) is 0 Å². The van der Waals surface area contributed by atoms with Crippen molar-refractivity contribution in [3.8, 4) is 5.75 Å². The number of aromatic nitrogens is 3. The minimum Gasteiger partial charge on any atom is -0.424 e. The Balaban J connectivity index is 1.58. The van der Waals surface area contributed by atoms with Crippen LogP contribution in [0.4, 0.5) is 16.2 Å². The number of nitrogens with zero attached hydrogens (tertiary/aromatic N) is 3. The van der Waals surface area contributed by atoms with Crippen LogP contribution in [-0.2, 0) is 29.8 Å². The average Bonchev–Trinajstić information content (AvgIpc) is 3.40. The molecule has 1 aliphatic heterocycles. The van der Waals surface area contributed by atoms with Crippen molar-refractivity contribution in [2.45, 2.75) is 56.6 Å². The maximum absolute atomic E-state index is 15.9. The first-order valence-corrected chi connectivity index (χ1v) is 15.4. The van der Waals surface area contributed by atoms with E-state index in [4.69, 9.17) is 25.3 Å². The fraction of sp³-hybridized carbons (Fsp3) is 0.462. The Morgan fingerprint density at radius 2 is 1.98 bits per heavy atom. The third kappa shape index (κ3) is 6.78. The number of nitrogen functional groups attached to an aromatic ring is 2. The molecule has 0 spiro atoms. The van der Waals surface area contributed by atoms with Crippen LogP contribution in [-0.4, -0.2) is 60.8 Å². The number of aryl methyl sites for hydroxylation is 1. The van der Waals surface area contributed by atoms with E-state index in [-0.39, 0.29) is 47.3 Å². The highest BCUT2D eigenvalue weighted by Crippen LogP contribution is 2.53. The molecule has 1 saturated heterocycles. The van der Waals surface area contributed by atoms with E-state index >= 15 is 4.39 Å². The molecule has 2 unspecified atom stereocenters. The van der Waals surface area contributed by atoms with Crippen LogP contribution in [0, 0.1) is 5.92 Å². The number of halogens is 2. The van der Waals surface area contributed by atoms with Crippen LogP contribution in [0.25, 0.3) is 11.0 Å². The summed E-state index contributed by atoms with van der Waals surface area (Å²) in [5.41, 5.74) is 12.4. The molecule has 12 nitrogen and oxygen atoms in total. The molecular formula is C26H32BrFN5O7P. The highest BCUT2D eigenvalue weighted by molar-refractivity contribution is 9.10. The van der Waals surface area contributed by atoms with Crippen LogP contribution in [0.2, 0.25) is 0 Å². The summed E-state index contributed by atoms with van der Waals surface area (Å²) in [5, 5.41) is 11.3. The Hall–Kier alpha value is -2.90. The molecule has 2 aromatic heterocycles. The molecule has 222 valence electrons. The van der Waals surface area contributed by atoms with E-state index in [0.717, 1.165) is 0 Å². The lowest BCUT2D eigenvalue weighted by Crippen LogP contribution is -2.38. The molecule has 0 aliphatic carbocycles. The molecular weight excluding hydrogens is 624 g/mol. The minimum atomic E-state index is -4.07. The molecule has 1 fully saturated rings. The maximum atomic E-state index is 15.9. The second kappa shape index (κ2) is 12.1. The van der Waals surface area contributed by atoms with Gasteiger partial charge in [0.15, 0.2) is 6.23 Å². The second-order valence-electron chi connectivity index (χ2n) is 10.1. The standard InChI is InChI=1S/C26H32BrFN5O7P/c1-14(16(3)35)13-41(37,40-19-7-5-4-6-17(19)9-8-15(2)34)38-12-20-21(36)26(27,28)24(39-20)33-11-10-18-22(29)31-25(30)32-23(18)33/h4-7,10-11,14,20-21,24,36H,8-9,12-13H2,1-3H3,(H4,29,30,31,32)/t14-,20-,21?,24-,26-,41?/m1/s1. The Morgan fingerprint density at radius 3 is 2.66 bits per heavy atom. The first kappa shape index (κ1) is 31.0. The van der Waals surface area contributed by atoms with Gasteiger partial charge in [-0.15, -0.1) is 0 Å². The predicted molar refractivity (Wildman–Crippen MR) is 153 cm³/mol. The van der Waals surface area contributed by atoms with Gasteiger partial charge in [-0.2, -0.15) is 9.97 Å². The fourth-order valence-electron chi connectivity index (χ4n) is 4.40. The molecule has 6 atom stereocenters. The van der Waals surface area contributed by atoms with Crippen LogP contribution in [0.5, 0.6) is 5.75 Å². The molecule has 41 heavy (non-hydrogen) atoms. The van der Waals surface area contributed by atoms with Crippen LogP contribution in [0.3, 0.4) is 0 Å². The third-order valence-corrected chi connectivity index (χ3v) is 9.71. The highest BCUT2D eigenvalue weighted by atomic mass is 79.9. The summed E-state index contributed by atoms with van der Waals surface area (Å²) in [5.74, 6) is -0.761. The summed E-state index contributed by atoms with van der Waals surface area (Å²) in [6.07, 6.45) is -2.75. The van der Waals surface area contributed by atoms with E-state index in [9.17, 15) is 19.3 Å². The largest absolute Gasteiger partial charge is 0.424 e. The number of hydrogen-bond donors (Lipinski definition) is 3. The zero-order valence-electron chi connectivity index (χ0n) is 22.7. The van der Waals surface area contributed by atoms with Gasteiger partial charge in [-0.05, 0) is 53.9 Å². The van der Waals surface area contributed by atoms with Gasteiger partial charge in [-0.1, -0.05) is 25.1 Å². The van der Waals surface area contributed by atoms with Crippen LogP contribution in [0.1, 0.15) is 39.0 Å². The molecule has 5 N–H and O–H groups in total. The lowest BCUT2D eigenvalue weighted by atomic mass is 10.1. The molecule has 0 radical (unpaired) electrons. The molecule has 0 saturated carbocycles. The molecule has 1 aliphatic rings. The van der Waals surface area contributed by atoms with Gasteiger partial charge < -0.3 is 35.2 Å². The van der Waals surface area contributed by atoms with Crippen LogP contribution >= 0.6 is 23.5 Å². The number of rotatable bonds is 12. The first-order valence-electron chi connectivity index (χ1n) is 12.8. The third-order valence-electron chi connectivity index (χ3n) is 6.83. The van der Waals surface area contributed by atoms with Gasteiger partial charge in [0.05, 0.1) is 18.2 Å². The number of anilines is 2. The topological polar surface area (TPSA) is 182 Å². The number of aliphatic hydroxyl groups is 1.